The van der Waals surface area contributed by atoms with Gasteiger partial charge < -0.3 is 0 Å². The lowest BCUT2D eigenvalue weighted by molar-refractivity contribution is -0.538. The normalized spacial score (nSPS) is 26.3. The third-order valence-electron chi connectivity index (χ3n) is 3.80. The van der Waals surface area contributed by atoms with E-state index in [1.54, 1.807) is 12.1 Å². The minimum Gasteiger partial charge on any atom is -0.0842 e. The molecule has 1 heterocycles. The maximum Gasteiger partial charge on any atom is 0.268 e. The second kappa shape index (κ2) is 4.66. The Kier molecular flexibility index (Phi) is 3.65. The third kappa shape index (κ3) is 2.26. The summed E-state index contributed by atoms with van der Waals surface area (Å²) in [4.78, 5) is 0. The molecule has 0 fully saturated rings. The van der Waals surface area contributed by atoms with Crippen molar-refractivity contribution in [3.63, 3.8) is 0 Å². The summed E-state index contributed by atoms with van der Waals surface area (Å²) in [5, 5.41) is 6.33. The van der Waals surface area contributed by atoms with Gasteiger partial charge in [-0.25, -0.2) is 0 Å². The Morgan fingerprint density at radius 2 is 1.61 bits per heavy atom. The lowest BCUT2D eigenvalue weighted by atomic mass is 9.86. The molecule has 1 aromatic rings. The highest BCUT2D eigenvalue weighted by atomic mass is 35.5. The Morgan fingerprint density at radius 3 is 2.00 bits per heavy atom. The van der Waals surface area contributed by atoms with E-state index in [1.807, 2.05) is 4.70 Å². The van der Waals surface area contributed by atoms with Crippen molar-refractivity contribution >= 4 is 40.5 Å². The minimum absolute atomic E-state index is 0.119. The zero-order valence-corrected chi connectivity index (χ0v) is 13.1. The second-order valence-corrected chi connectivity index (χ2v) is 6.60. The molecule has 18 heavy (non-hydrogen) atoms. The van der Waals surface area contributed by atoms with Gasteiger partial charge in [0.1, 0.15) is 15.6 Å². The SMILES string of the molecule is C[C@@H]1[C@@H](C)C(C)(C)N=[N+]1c1c(Cl)cc(Cl)cc1Cl. The van der Waals surface area contributed by atoms with Gasteiger partial charge in [-0.1, -0.05) is 46.4 Å². The van der Waals surface area contributed by atoms with E-state index in [-0.39, 0.29) is 11.6 Å². The smallest absolute Gasteiger partial charge is 0.0842 e. The molecule has 0 saturated carbocycles. The lowest BCUT2D eigenvalue weighted by Crippen LogP contribution is -2.29. The van der Waals surface area contributed by atoms with Crippen LogP contribution >= 0.6 is 34.8 Å². The Morgan fingerprint density at radius 1 is 1.11 bits per heavy atom. The molecule has 5 heteroatoms. The molecule has 2 nitrogen and oxygen atoms in total. The summed E-state index contributed by atoms with van der Waals surface area (Å²) in [6.07, 6.45) is 0. The molecule has 2 atom stereocenters. The highest BCUT2D eigenvalue weighted by Gasteiger charge is 2.47. The quantitative estimate of drug-likeness (QED) is 0.604. The van der Waals surface area contributed by atoms with Crippen molar-refractivity contribution in [3.8, 4) is 0 Å². The van der Waals surface area contributed by atoms with Crippen LogP contribution in [0.4, 0.5) is 5.69 Å². The van der Waals surface area contributed by atoms with Crippen molar-refractivity contribution in [3.05, 3.63) is 27.2 Å². The zero-order valence-electron chi connectivity index (χ0n) is 10.8. The maximum atomic E-state index is 6.25. The molecule has 1 aromatic carbocycles. The van der Waals surface area contributed by atoms with Crippen molar-refractivity contribution in [2.75, 3.05) is 0 Å². The topological polar surface area (TPSA) is 15.4 Å². The first-order chi connectivity index (χ1) is 8.24. The average molecular weight is 307 g/mol. The van der Waals surface area contributed by atoms with Crippen LogP contribution in [-0.2, 0) is 0 Å². The van der Waals surface area contributed by atoms with Crippen LogP contribution in [0.25, 0.3) is 0 Å². The lowest BCUT2D eigenvalue weighted by Gasteiger charge is -2.15. The fourth-order valence-corrected chi connectivity index (χ4v) is 3.26. The third-order valence-corrected chi connectivity index (χ3v) is 4.59. The summed E-state index contributed by atoms with van der Waals surface area (Å²) >= 11 is 18.4. The first-order valence-corrected chi connectivity index (χ1v) is 7.04. The van der Waals surface area contributed by atoms with E-state index < -0.39 is 0 Å². The second-order valence-electron chi connectivity index (χ2n) is 5.35. The fraction of sp³-hybridized carbons (Fsp3) is 0.538. The Hall–Kier alpha value is -0.310. The van der Waals surface area contributed by atoms with E-state index in [2.05, 4.69) is 27.7 Å². The molecular formula is C13H16Cl3N2+. The van der Waals surface area contributed by atoms with Gasteiger partial charge in [-0.3, -0.25) is 0 Å². The van der Waals surface area contributed by atoms with E-state index in [0.717, 1.165) is 5.69 Å². The minimum atomic E-state index is -0.119. The number of rotatable bonds is 1. The van der Waals surface area contributed by atoms with Crippen molar-refractivity contribution in [2.45, 2.75) is 39.3 Å². The van der Waals surface area contributed by atoms with Gasteiger partial charge in [-0.05, 0) is 31.1 Å². The van der Waals surface area contributed by atoms with Gasteiger partial charge in [0.2, 0.25) is 0 Å². The molecule has 98 valence electrons. The highest BCUT2D eigenvalue weighted by Crippen LogP contribution is 2.43. The molecular weight excluding hydrogens is 291 g/mol. The molecule has 1 aliphatic heterocycles. The molecule has 0 bridgehead atoms. The summed E-state index contributed by atoms with van der Waals surface area (Å²) in [6.45, 7) is 8.55. The fourth-order valence-electron chi connectivity index (χ4n) is 2.27. The van der Waals surface area contributed by atoms with Gasteiger partial charge in [0, 0.05) is 11.9 Å². The molecule has 0 amide bonds. The van der Waals surface area contributed by atoms with Crippen LogP contribution in [0.3, 0.4) is 0 Å². The van der Waals surface area contributed by atoms with Gasteiger partial charge in [0.25, 0.3) is 5.69 Å². The van der Waals surface area contributed by atoms with Crippen LogP contribution in [0, 0.1) is 5.92 Å². The van der Waals surface area contributed by atoms with Gasteiger partial charge >= 0.3 is 0 Å². The largest absolute Gasteiger partial charge is 0.268 e. The van der Waals surface area contributed by atoms with Gasteiger partial charge in [0.05, 0.1) is 5.92 Å². The zero-order chi connectivity index (χ0) is 13.7. The predicted octanol–water partition coefficient (Wildman–Crippen LogP) is 5.56. The molecule has 0 aromatic heterocycles. The van der Waals surface area contributed by atoms with Crippen molar-refractivity contribution in [1.29, 1.82) is 0 Å². The van der Waals surface area contributed by atoms with Crippen molar-refractivity contribution < 1.29 is 4.70 Å². The predicted molar refractivity (Wildman–Crippen MR) is 76.5 cm³/mol. The maximum absolute atomic E-state index is 6.25. The number of benzene rings is 1. The van der Waals surface area contributed by atoms with Crippen molar-refractivity contribution in [1.82, 2.24) is 0 Å². The van der Waals surface area contributed by atoms with Crippen LogP contribution < -0.4 is 0 Å². The molecule has 0 N–H and O–H groups in total. The van der Waals surface area contributed by atoms with Crippen LogP contribution in [0.2, 0.25) is 15.1 Å². The number of hydrogen-bond donors (Lipinski definition) is 0. The monoisotopic (exact) mass is 305 g/mol. The molecule has 0 saturated heterocycles. The van der Waals surface area contributed by atoms with Crippen molar-refractivity contribution in [2.24, 2.45) is 11.0 Å². The Balaban J connectivity index is 2.58. The standard InChI is InChI=1S/C13H16Cl3N2/c1-7-8(2)18(17-13(7,3)4)12-10(15)5-9(14)6-11(12)16/h5-8H,1-4H3/q+1/t7-,8-/m1/s1. The molecule has 0 spiro atoms. The van der Waals surface area contributed by atoms with Crippen LogP contribution in [0.5, 0.6) is 0 Å². The molecule has 0 radical (unpaired) electrons. The molecule has 0 aliphatic carbocycles. The summed E-state index contributed by atoms with van der Waals surface area (Å²) in [5.41, 5.74) is 0.624. The molecule has 2 rings (SSSR count). The number of halogens is 3. The van der Waals surface area contributed by atoms with Crippen LogP contribution in [0.1, 0.15) is 27.7 Å². The molecule has 1 aliphatic rings. The van der Waals surface area contributed by atoms with Crippen LogP contribution in [0.15, 0.2) is 17.2 Å². The van der Waals surface area contributed by atoms with Crippen LogP contribution in [-0.4, -0.2) is 16.3 Å². The summed E-state index contributed by atoms with van der Waals surface area (Å²) < 4.78 is 1.92. The number of nitrogens with zero attached hydrogens (tertiary/aromatic N) is 2. The summed E-state index contributed by atoms with van der Waals surface area (Å²) in [5.74, 6) is 0.417. The Bertz CT molecular complexity index is 500. The Labute approximate surface area is 123 Å². The first kappa shape index (κ1) is 14.1. The first-order valence-electron chi connectivity index (χ1n) is 5.90. The average Bonchev–Trinajstić information content (AvgIpc) is 2.41. The van der Waals surface area contributed by atoms with E-state index in [1.165, 1.54) is 0 Å². The van der Waals surface area contributed by atoms with E-state index >= 15 is 0 Å². The van der Waals surface area contributed by atoms with Gasteiger partial charge in [-0.15, -0.1) is 0 Å². The van der Waals surface area contributed by atoms with E-state index in [0.29, 0.717) is 21.0 Å². The number of azo groups is 2. The molecule has 0 unspecified atom stereocenters. The highest BCUT2D eigenvalue weighted by molar-refractivity contribution is 6.40. The van der Waals surface area contributed by atoms with Gasteiger partial charge in [-0.2, -0.15) is 0 Å². The van der Waals surface area contributed by atoms with E-state index in [9.17, 15) is 0 Å². The van der Waals surface area contributed by atoms with E-state index in [4.69, 9.17) is 39.9 Å². The summed E-state index contributed by atoms with van der Waals surface area (Å²) in [7, 11) is 0. The number of hydrogen-bond acceptors (Lipinski definition) is 1. The summed E-state index contributed by atoms with van der Waals surface area (Å²) in [6, 6.07) is 3.64. The van der Waals surface area contributed by atoms with Gasteiger partial charge in [0.15, 0.2) is 6.04 Å².